The summed E-state index contributed by atoms with van der Waals surface area (Å²) < 4.78 is 40.2. The maximum absolute atomic E-state index is 13.0. The third kappa shape index (κ3) is 3.22. The fraction of sp³-hybridized carbons (Fsp3) is 0.222. The van der Waals surface area contributed by atoms with Crippen molar-refractivity contribution in [3.63, 3.8) is 0 Å². The van der Waals surface area contributed by atoms with Crippen LogP contribution in [0.4, 0.5) is 18.9 Å². The fourth-order valence-electron chi connectivity index (χ4n) is 2.64. The molecule has 0 unspecified atom stereocenters. The van der Waals surface area contributed by atoms with Crippen LogP contribution in [-0.4, -0.2) is 15.3 Å². The number of benzene rings is 1. The molecule has 1 N–H and O–H groups in total. The van der Waals surface area contributed by atoms with Crippen molar-refractivity contribution < 1.29 is 18.0 Å². The number of para-hydroxylation sites is 1. The summed E-state index contributed by atoms with van der Waals surface area (Å²) in [6.45, 7) is 3.64. The molecule has 1 amide bonds. The second-order valence-corrected chi connectivity index (χ2v) is 5.67. The van der Waals surface area contributed by atoms with Crippen LogP contribution in [0.3, 0.4) is 0 Å². The second kappa shape index (κ2) is 6.23. The summed E-state index contributed by atoms with van der Waals surface area (Å²) >= 11 is 0. The fourth-order valence-corrected chi connectivity index (χ4v) is 2.64. The molecule has 0 saturated heterocycles. The van der Waals surface area contributed by atoms with Gasteiger partial charge in [-0.25, -0.2) is 4.98 Å². The lowest BCUT2D eigenvalue weighted by Crippen LogP contribution is -2.17. The van der Waals surface area contributed by atoms with Crippen molar-refractivity contribution in [2.24, 2.45) is 0 Å². The molecule has 130 valence electrons. The molecule has 0 radical (unpaired) electrons. The molecule has 1 aromatic carbocycles. The molecule has 0 spiro atoms. The van der Waals surface area contributed by atoms with Crippen molar-refractivity contribution in [2.75, 3.05) is 5.32 Å². The number of aromatic nitrogens is 2. The first kappa shape index (κ1) is 17.0. The van der Waals surface area contributed by atoms with E-state index in [-0.39, 0.29) is 5.69 Å². The number of rotatable bonds is 3. The molecule has 3 rings (SSSR count). The van der Waals surface area contributed by atoms with Crippen LogP contribution in [0.15, 0.2) is 42.6 Å². The maximum atomic E-state index is 13.0. The van der Waals surface area contributed by atoms with Crippen LogP contribution in [0.25, 0.3) is 5.65 Å². The number of imidazole rings is 1. The lowest BCUT2D eigenvalue weighted by atomic mass is 10.2. The molecule has 0 atom stereocenters. The molecule has 0 saturated carbocycles. The summed E-state index contributed by atoms with van der Waals surface area (Å²) in [5.74, 6) is -0.488. The number of aryl methyl sites for hydroxylation is 2. The van der Waals surface area contributed by atoms with Gasteiger partial charge in [0.05, 0.1) is 11.3 Å². The first-order valence-corrected chi connectivity index (χ1v) is 7.76. The molecule has 7 heteroatoms. The first-order chi connectivity index (χ1) is 11.8. The van der Waals surface area contributed by atoms with Gasteiger partial charge in [-0.15, -0.1) is 0 Å². The third-order valence-electron chi connectivity index (χ3n) is 3.96. The summed E-state index contributed by atoms with van der Waals surface area (Å²) in [6.07, 6.45) is -3.15. The second-order valence-electron chi connectivity index (χ2n) is 5.67. The molecule has 3 aromatic rings. The number of alkyl halides is 3. The molecule has 0 aliphatic heterocycles. The van der Waals surface area contributed by atoms with Gasteiger partial charge < -0.3 is 5.32 Å². The van der Waals surface area contributed by atoms with Crippen molar-refractivity contribution in [1.29, 1.82) is 0 Å². The molecule has 0 bridgehead atoms. The van der Waals surface area contributed by atoms with E-state index in [1.807, 2.05) is 19.1 Å². The van der Waals surface area contributed by atoms with Gasteiger partial charge >= 0.3 is 6.18 Å². The number of anilines is 1. The lowest BCUT2D eigenvalue weighted by molar-refractivity contribution is -0.137. The van der Waals surface area contributed by atoms with E-state index in [4.69, 9.17) is 0 Å². The summed E-state index contributed by atoms with van der Waals surface area (Å²) in [5.41, 5.74) is 1.51. The highest BCUT2D eigenvalue weighted by Gasteiger charge is 2.31. The SMILES string of the molecule is CCc1nc2ccc(C(F)(F)F)cn2c1C(=O)Nc1ccccc1C. The van der Waals surface area contributed by atoms with E-state index in [2.05, 4.69) is 10.3 Å². The number of nitrogens with one attached hydrogen (secondary N) is 1. The topological polar surface area (TPSA) is 46.4 Å². The van der Waals surface area contributed by atoms with E-state index in [0.717, 1.165) is 17.8 Å². The Morgan fingerprint density at radius 1 is 1.20 bits per heavy atom. The Morgan fingerprint density at radius 2 is 1.92 bits per heavy atom. The van der Waals surface area contributed by atoms with Gasteiger partial charge in [-0.05, 0) is 37.1 Å². The molecule has 2 aromatic heterocycles. The van der Waals surface area contributed by atoms with Crippen LogP contribution >= 0.6 is 0 Å². The van der Waals surface area contributed by atoms with Crippen LogP contribution in [0.5, 0.6) is 0 Å². The van der Waals surface area contributed by atoms with Crippen LogP contribution in [0, 0.1) is 6.92 Å². The van der Waals surface area contributed by atoms with Crippen molar-refractivity contribution in [3.8, 4) is 0 Å². The molecule has 0 fully saturated rings. The largest absolute Gasteiger partial charge is 0.417 e. The van der Waals surface area contributed by atoms with E-state index in [1.165, 1.54) is 10.5 Å². The minimum atomic E-state index is -4.49. The van der Waals surface area contributed by atoms with Crippen LogP contribution in [0.1, 0.15) is 34.2 Å². The van der Waals surface area contributed by atoms with Gasteiger partial charge in [0.15, 0.2) is 0 Å². The smallest absolute Gasteiger partial charge is 0.320 e. The number of amides is 1. The van der Waals surface area contributed by atoms with E-state index in [0.29, 0.717) is 23.4 Å². The average molecular weight is 347 g/mol. The van der Waals surface area contributed by atoms with Crippen molar-refractivity contribution >= 4 is 17.2 Å². The van der Waals surface area contributed by atoms with Gasteiger partial charge in [-0.1, -0.05) is 25.1 Å². The Kier molecular flexibility index (Phi) is 4.24. The summed E-state index contributed by atoms with van der Waals surface area (Å²) in [4.78, 5) is 17.0. The maximum Gasteiger partial charge on any atom is 0.417 e. The van der Waals surface area contributed by atoms with Gasteiger partial charge in [0.1, 0.15) is 11.3 Å². The van der Waals surface area contributed by atoms with Crippen LogP contribution < -0.4 is 5.32 Å². The molecule has 0 aliphatic carbocycles. The Labute approximate surface area is 142 Å². The van der Waals surface area contributed by atoms with Gasteiger partial charge in [0.25, 0.3) is 5.91 Å². The first-order valence-electron chi connectivity index (χ1n) is 7.76. The number of hydrogen-bond donors (Lipinski definition) is 1. The Bertz CT molecular complexity index is 944. The van der Waals surface area contributed by atoms with Gasteiger partial charge in [-0.2, -0.15) is 13.2 Å². The average Bonchev–Trinajstić information content (AvgIpc) is 2.94. The van der Waals surface area contributed by atoms with Crippen LogP contribution in [0.2, 0.25) is 0 Å². The molecular weight excluding hydrogens is 331 g/mol. The number of fused-ring (bicyclic) bond motifs is 1. The zero-order valence-electron chi connectivity index (χ0n) is 13.7. The molecule has 25 heavy (non-hydrogen) atoms. The predicted molar refractivity (Wildman–Crippen MR) is 88.7 cm³/mol. The van der Waals surface area contributed by atoms with E-state index < -0.39 is 17.6 Å². The number of nitrogens with zero attached hydrogens (tertiary/aromatic N) is 2. The van der Waals surface area contributed by atoms with Gasteiger partial charge in [0.2, 0.25) is 0 Å². The zero-order chi connectivity index (χ0) is 18.2. The monoisotopic (exact) mass is 347 g/mol. The number of carbonyl (C=O) groups is 1. The third-order valence-corrected chi connectivity index (χ3v) is 3.96. The number of hydrogen-bond acceptors (Lipinski definition) is 2. The minimum Gasteiger partial charge on any atom is -0.320 e. The van der Waals surface area contributed by atoms with Crippen molar-refractivity contribution in [1.82, 2.24) is 9.38 Å². The number of halogens is 3. The van der Waals surface area contributed by atoms with E-state index in [1.54, 1.807) is 19.1 Å². The molecular formula is C18H16F3N3O. The normalized spacial score (nSPS) is 11.7. The minimum absolute atomic E-state index is 0.117. The van der Waals surface area contributed by atoms with E-state index >= 15 is 0 Å². The quantitative estimate of drug-likeness (QED) is 0.759. The summed E-state index contributed by atoms with van der Waals surface area (Å²) in [7, 11) is 0. The Hall–Kier alpha value is -2.83. The molecule has 0 aliphatic rings. The lowest BCUT2D eigenvalue weighted by Gasteiger charge is -2.10. The highest BCUT2D eigenvalue weighted by molar-refractivity contribution is 6.04. The van der Waals surface area contributed by atoms with Gasteiger partial charge in [0, 0.05) is 11.9 Å². The summed E-state index contributed by atoms with van der Waals surface area (Å²) in [6, 6.07) is 9.43. The Balaban J connectivity index is 2.10. The highest BCUT2D eigenvalue weighted by atomic mass is 19.4. The molecule has 4 nitrogen and oxygen atoms in total. The highest BCUT2D eigenvalue weighted by Crippen LogP contribution is 2.30. The zero-order valence-corrected chi connectivity index (χ0v) is 13.7. The van der Waals surface area contributed by atoms with Crippen LogP contribution in [-0.2, 0) is 12.6 Å². The summed E-state index contributed by atoms with van der Waals surface area (Å²) in [5, 5.41) is 2.76. The van der Waals surface area contributed by atoms with E-state index in [9.17, 15) is 18.0 Å². The van der Waals surface area contributed by atoms with Crippen molar-refractivity contribution in [2.45, 2.75) is 26.4 Å². The standard InChI is InChI=1S/C18H16F3N3O/c1-3-13-16(17(25)23-14-7-5-4-6-11(14)2)24-10-12(18(19,20)21)8-9-15(24)22-13/h4-10H,3H2,1-2H3,(H,23,25). The predicted octanol–water partition coefficient (Wildman–Crippen LogP) is 4.48. The number of carbonyl (C=O) groups excluding carboxylic acids is 1. The number of pyridine rings is 1. The Morgan fingerprint density at radius 3 is 2.56 bits per heavy atom. The van der Waals surface area contributed by atoms with Gasteiger partial charge in [-0.3, -0.25) is 9.20 Å². The van der Waals surface area contributed by atoms with Crippen molar-refractivity contribution in [3.05, 3.63) is 65.1 Å². The molecule has 2 heterocycles.